The average molecular weight is 233 g/mol. The number of rotatable bonds is 1. The fourth-order valence-corrected chi connectivity index (χ4v) is 1.49. The van der Waals surface area contributed by atoms with E-state index in [4.69, 9.17) is 0 Å². The van der Waals surface area contributed by atoms with Gasteiger partial charge >= 0.3 is 17.8 Å². The van der Waals surface area contributed by atoms with Crippen molar-refractivity contribution in [3.8, 4) is 0 Å². The van der Waals surface area contributed by atoms with Crippen LogP contribution in [-0.4, -0.2) is 35.8 Å². The summed E-state index contributed by atoms with van der Waals surface area (Å²) in [6.07, 6.45) is 0. The van der Waals surface area contributed by atoms with E-state index >= 15 is 0 Å². The van der Waals surface area contributed by atoms with Crippen molar-refractivity contribution in [2.24, 2.45) is 0 Å². The van der Waals surface area contributed by atoms with Gasteiger partial charge in [0, 0.05) is 18.8 Å². The predicted molar refractivity (Wildman–Crippen MR) is 60.2 cm³/mol. The van der Waals surface area contributed by atoms with Crippen LogP contribution in [-0.2, 0) is 9.59 Å². The number of hydrogen-bond acceptors (Lipinski definition) is 3. The number of carbonyl (C=O) groups is 3. The van der Waals surface area contributed by atoms with Crippen LogP contribution in [0.5, 0.6) is 0 Å². The molecule has 0 saturated carbocycles. The van der Waals surface area contributed by atoms with Crippen LogP contribution in [0.4, 0.5) is 10.5 Å². The second-order valence-corrected chi connectivity index (χ2v) is 3.51. The predicted octanol–water partition coefficient (Wildman–Crippen LogP) is 0.177. The summed E-state index contributed by atoms with van der Waals surface area (Å²) >= 11 is 0. The van der Waals surface area contributed by atoms with E-state index in [-0.39, 0.29) is 13.1 Å². The molecule has 1 aliphatic heterocycles. The van der Waals surface area contributed by atoms with Crippen molar-refractivity contribution in [1.82, 2.24) is 10.2 Å². The van der Waals surface area contributed by atoms with Gasteiger partial charge in [-0.3, -0.25) is 14.5 Å². The lowest BCUT2D eigenvalue weighted by Crippen LogP contribution is -2.55. The third-order valence-electron chi connectivity index (χ3n) is 2.33. The molecule has 1 aromatic carbocycles. The van der Waals surface area contributed by atoms with E-state index in [0.29, 0.717) is 5.69 Å². The first-order valence-corrected chi connectivity index (χ1v) is 5.14. The molecule has 0 unspecified atom stereocenters. The molecule has 1 aromatic rings. The van der Waals surface area contributed by atoms with Crippen molar-refractivity contribution in [2.45, 2.75) is 0 Å². The van der Waals surface area contributed by atoms with E-state index in [9.17, 15) is 14.4 Å². The quantitative estimate of drug-likeness (QED) is 0.679. The Bertz CT molecular complexity index is 458. The molecule has 0 aliphatic carbocycles. The van der Waals surface area contributed by atoms with E-state index in [0.717, 1.165) is 4.90 Å². The van der Waals surface area contributed by atoms with Crippen molar-refractivity contribution < 1.29 is 14.4 Å². The Morgan fingerprint density at radius 3 is 2.65 bits per heavy atom. The molecule has 88 valence electrons. The minimum absolute atomic E-state index is 0.184. The smallest absolute Gasteiger partial charge is 0.329 e. The molecule has 2 rings (SSSR count). The molecule has 0 radical (unpaired) electrons. The largest absolute Gasteiger partial charge is 0.346 e. The number of nitrogens with one attached hydrogen (secondary N) is 2. The maximum atomic E-state index is 11.7. The molecule has 6 heteroatoms. The van der Waals surface area contributed by atoms with E-state index in [2.05, 4.69) is 10.6 Å². The van der Waals surface area contributed by atoms with Crippen LogP contribution in [0.15, 0.2) is 30.3 Å². The number of amides is 4. The third-order valence-corrected chi connectivity index (χ3v) is 2.33. The summed E-state index contributed by atoms with van der Waals surface area (Å²) < 4.78 is 0. The first-order chi connectivity index (χ1) is 8.18. The van der Waals surface area contributed by atoms with Gasteiger partial charge in [0.05, 0.1) is 0 Å². The number of nitrogens with zero attached hydrogens (tertiary/aromatic N) is 1. The molecule has 1 fully saturated rings. The highest BCUT2D eigenvalue weighted by Crippen LogP contribution is 2.07. The maximum absolute atomic E-state index is 11.7. The van der Waals surface area contributed by atoms with Gasteiger partial charge in [-0.2, -0.15) is 0 Å². The van der Waals surface area contributed by atoms with Gasteiger partial charge in [-0.25, -0.2) is 4.79 Å². The molecule has 1 heterocycles. The summed E-state index contributed by atoms with van der Waals surface area (Å²) in [7, 11) is 0. The minimum atomic E-state index is -0.829. The summed E-state index contributed by atoms with van der Waals surface area (Å²) in [5.41, 5.74) is 0.580. The fraction of sp³-hybridized carbons (Fsp3) is 0.182. The topological polar surface area (TPSA) is 78.5 Å². The Kier molecular flexibility index (Phi) is 3.04. The van der Waals surface area contributed by atoms with E-state index in [1.54, 1.807) is 24.3 Å². The molecule has 1 aliphatic rings. The average Bonchev–Trinajstić information content (AvgIpc) is 2.34. The van der Waals surface area contributed by atoms with Gasteiger partial charge < -0.3 is 10.6 Å². The number of para-hydroxylation sites is 1. The zero-order valence-electron chi connectivity index (χ0n) is 8.97. The van der Waals surface area contributed by atoms with Gasteiger partial charge in [-0.1, -0.05) is 18.2 Å². The number of benzene rings is 1. The van der Waals surface area contributed by atoms with Crippen molar-refractivity contribution in [3.63, 3.8) is 0 Å². The van der Waals surface area contributed by atoms with Crippen molar-refractivity contribution in [1.29, 1.82) is 0 Å². The molecule has 17 heavy (non-hydrogen) atoms. The van der Waals surface area contributed by atoms with Crippen LogP contribution < -0.4 is 10.6 Å². The standard InChI is InChI=1S/C11H11N3O3/c15-9-10(16)14(7-6-12-9)11(17)13-8-4-2-1-3-5-8/h1-5H,6-7H2,(H,12,15)(H,13,17). The highest BCUT2D eigenvalue weighted by atomic mass is 16.2. The molecular weight excluding hydrogens is 222 g/mol. The van der Waals surface area contributed by atoms with Crippen molar-refractivity contribution in [3.05, 3.63) is 30.3 Å². The summed E-state index contributed by atoms with van der Waals surface area (Å²) in [6.45, 7) is 0.468. The highest BCUT2D eigenvalue weighted by molar-refractivity contribution is 6.38. The minimum Gasteiger partial charge on any atom is -0.346 e. The van der Waals surface area contributed by atoms with E-state index in [1.165, 1.54) is 0 Å². The lowest BCUT2D eigenvalue weighted by Gasteiger charge is -2.24. The number of piperazine rings is 1. The van der Waals surface area contributed by atoms with E-state index in [1.807, 2.05) is 6.07 Å². The van der Waals surface area contributed by atoms with Gasteiger partial charge in [0.15, 0.2) is 0 Å². The molecular formula is C11H11N3O3. The van der Waals surface area contributed by atoms with Gasteiger partial charge in [0.25, 0.3) is 0 Å². The van der Waals surface area contributed by atoms with Crippen LogP contribution in [0.1, 0.15) is 0 Å². The second kappa shape index (κ2) is 4.65. The number of imide groups is 1. The van der Waals surface area contributed by atoms with Gasteiger partial charge in [-0.05, 0) is 12.1 Å². The summed E-state index contributed by atoms with van der Waals surface area (Å²) in [5.74, 6) is -1.58. The van der Waals surface area contributed by atoms with Crippen LogP contribution in [0.3, 0.4) is 0 Å². The third kappa shape index (κ3) is 2.41. The van der Waals surface area contributed by atoms with Crippen LogP contribution in [0.25, 0.3) is 0 Å². The Balaban J connectivity index is 2.05. The lowest BCUT2D eigenvalue weighted by molar-refractivity contribution is -0.145. The summed E-state index contributed by atoms with van der Waals surface area (Å²) in [5, 5.41) is 4.92. The Morgan fingerprint density at radius 1 is 1.24 bits per heavy atom. The fourth-order valence-electron chi connectivity index (χ4n) is 1.49. The number of carbonyl (C=O) groups excluding carboxylic acids is 3. The van der Waals surface area contributed by atoms with Gasteiger partial charge in [-0.15, -0.1) is 0 Å². The lowest BCUT2D eigenvalue weighted by atomic mass is 10.3. The molecule has 2 N–H and O–H groups in total. The molecule has 0 spiro atoms. The van der Waals surface area contributed by atoms with Crippen LogP contribution >= 0.6 is 0 Å². The van der Waals surface area contributed by atoms with Gasteiger partial charge in [0.1, 0.15) is 0 Å². The Morgan fingerprint density at radius 2 is 1.94 bits per heavy atom. The molecule has 4 amide bonds. The summed E-state index contributed by atoms with van der Waals surface area (Å²) in [4.78, 5) is 35.1. The monoisotopic (exact) mass is 233 g/mol. The second-order valence-electron chi connectivity index (χ2n) is 3.51. The molecule has 1 saturated heterocycles. The number of anilines is 1. The molecule has 0 aromatic heterocycles. The first kappa shape index (κ1) is 11.1. The number of hydrogen-bond donors (Lipinski definition) is 2. The summed E-state index contributed by atoms with van der Waals surface area (Å²) in [6, 6.07) is 8.16. The van der Waals surface area contributed by atoms with Crippen molar-refractivity contribution >= 4 is 23.5 Å². The zero-order chi connectivity index (χ0) is 12.3. The Hall–Kier alpha value is -2.37. The first-order valence-electron chi connectivity index (χ1n) is 5.14. The van der Waals surface area contributed by atoms with Gasteiger partial charge in [0.2, 0.25) is 0 Å². The van der Waals surface area contributed by atoms with Crippen molar-refractivity contribution in [2.75, 3.05) is 18.4 Å². The molecule has 6 nitrogen and oxygen atoms in total. The zero-order valence-corrected chi connectivity index (χ0v) is 8.97. The highest BCUT2D eigenvalue weighted by Gasteiger charge is 2.30. The Labute approximate surface area is 97.6 Å². The maximum Gasteiger partial charge on any atom is 0.329 e. The van der Waals surface area contributed by atoms with Crippen LogP contribution in [0.2, 0.25) is 0 Å². The SMILES string of the molecule is O=C1NCCN(C(=O)Nc2ccccc2)C1=O. The number of urea groups is 1. The normalized spacial score (nSPS) is 15.4. The van der Waals surface area contributed by atoms with E-state index < -0.39 is 17.8 Å². The van der Waals surface area contributed by atoms with Crippen LogP contribution in [0, 0.1) is 0 Å². The molecule has 0 bridgehead atoms. The molecule has 0 atom stereocenters.